The fraction of sp³-hybridized carbons (Fsp3) is 0.875. The van der Waals surface area contributed by atoms with Crippen LogP contribution < -0.4 is 5.32 Å². The van der Waals surface area contributed by atoms with Crippen molar-refractivity contribution in [3.05, 3.63) is 0 Å². The van der Waals surface area contributed by atoms with Crippen molar-refractivity contribution in [2.45, 2.75) is 13.8 Å². The number of hydrogen-bond acceptors (Lipinski definition) is 2. The average molecular weight is 194 g/mol. The molecule has 1 aliphatic rings. The third-order valence-corrected chi connectivity index (χ3v) is 2.43. The molecule has 72 valence electrons. The summed E-state index contributed by atoms with van der Waals surface area (Å²) in [7, 11) is 0. The normalized spacial score (nSPS) is 28.6. The Morgan fingerprint density at radius 1 is 1.50 bits per heavy atom. The van der Waals surface area contributed by atoms with Crippen molar-refractivity contribution >= 4 is 18.4 Å². The van der Waals surface area contributed by atoms with Crippen LogP contribution in [0.25, 0.3) is 0 Å². The molecule has 2 atom stereocenters. The lowest BCUT2D eigenvalue weighted by molar-refractivity contribution is -0.142. The zero-order chi connectivity index (χ0) is 8.43. The highest BCUT2D eigenvalue weighted by molar-refractivity contribution is 5.85. The number of aliphatic carboxylic acids is 1. The highest BCUT2D eigenvalue weighted by Crippen LogP contribution is 2.24. The van der Waals surface area contributed by atoms with E-state index in [1.54, 1.807) is 0 Å². The largest absolute Gasteiger partial charge is 0.481 e. The van der Waals surface area contributed by atoms with Gasteiger partial charge in [0.05, 0.1) is 5.92 Å². The van der Waals surface area contributed by atoms with Crippen molar-refractivity contribution in [2.24, 2.45) is 17.8 Å². The van der Waals surface area contributed by atoms with E-state index in [4.69, 9.17) is 5.11 Å². The van der Waals surface area contributed by atoms with E-state index in [1.807, 2.05) is 0 Å². The van der Waals surface area contributed by atoms with Crippen molar-refractivity contribution in [1.82, 2.24) is 5.32 Å². The molecule has 0 aromatic carbocycles. The third kappa shape index (κ3) is 2.35. The van der Waals surface area contributed by atoms with Gasteiger partial charge in [0, 0.05) is 6.54 Å². The lowest BCUT2D eigenvalue weighted by atomic mass is 9.86. The Kier molecular flexibility index (Phi) is 4.57. The van der Waals surface area contributed by atoms with Crippen LogP contribution in [0.2, 0.25) is 0 Å². The molecule has 1 saturated heterocycles. The minimum absolute atomic E-state index is 0. The van der Waals surface area contributed by atoms with Crippen molar-refractivity contribution < 1.29 is 9.90 Å². The van der Waals surface area contributed by atoms with Gasteiger partial charge in [0.1, 0.15) is 0 Å². The van der Waals surface area contributed by atoms with E-state index in [2.05, 4.69) is 19.2 Å². The molecule has 1 fully saturated rings. The fourth-order valence-corrected chi connectivity index (χ4v) is 1.67. The van der Waals surface area contributed by atoms with Crippen molar-refractivity contribution in [2.75, 3.05) is 13.1 Å². The van der Waals surface area contributed by atoms with Gasteiger partial charge in [-0.05, 0) is 18.4 Å². The zero-order valence-corrected chi connectivity index (χ0v) is 8.23. The molecule has 1 aliphatic heterocycles. The van der Waals surface area contributed by atoms with Gasteiger partial charge in [-0.1, -0.05) is 13.8 Å². The number of halogens is 1. The van der Waals surface area contributed by atoms with Crippen molar-refractivity contribution in [1.29, 1.82) is 0 Å². The monoisotopic (exact) mass is 193 g/mol. The van der Waals surface area contributed by atoms with E-state index < -0.39 is 5.97 Å². The predicted molar refractivity (Wildman–Crippen MR) is 49.6 cm³/mol. The number of carboxylic acids is 1. The maximum atomic E-state index is 10.7. The van der Waals surface area contributed by atoms with Gasteiger partial charge < -0.3 is 10.4 Å². The van der Waals surface area contributed by atoms with Gasteiger partial charge in [0.25, 0.3) is 0 Å². The summed E-state index contributed by atoms with van der Waals surface area (Å²) in [4.78, 5) is 10.7. The summed E-state index contributed by atoms with van der Waals surface area (Å²) in [5.41, 5.74) is 0. The average Bonchev–Trinajstić information content (AvgIpc) is 2.32. The van der Waals surface area contributed by atoms with Gasteiger partial charge in [0.15, 0.2) is 0 Å². The smallest absolute Gasteiger partial charge is 0.308 e. The second kappa shape index (κ2) is 4.67. The minimum Gasteiger partial charge on any atom is -0.481 e. The molecule has 0 amide bonds. The first-order chi connectivity index (χ1) is 5.13. The highest BCUT2D eigenvalue weighted by atomic mass is 35.5. The summed E-state index contributed by atoms with van der Waals surface area (Å²) in [5, 5.41) is 11.9. The maximum Gasteiger partial charge on any atom is 0.308 e. The van der Waals surface area contributed by atoms with Crippen LogP contribution in [0.3, 0.4) is 0 Å². The number of carbonyl (C=O) groups is 1. The van der Waals surface area contributed by atoms with Crippen LogP contribution in [-0.4, -0.2) is 24.2 Å². The molecule has 0 aromatic heterocycles. The Bertz CT molecular complexity index is 161. The quantitative estimate of drug-likeness (QED) is 0.688. The van der Waals surface area contributed by atoms with Gasteiger partial charge in [-0.25, -0.2) is 0 Å². The van der Waals surface area contributed by atoms with Gasteiger partial charge >= 0.3 is 5.97 Å². The number of rotatable bonds is 2. The zero-order valence-electron chi connectivity index (χ0n) is 7.41. The summed E-state index contributed by atoms with van der Waals surface area (Å²) in [6.45, 7) is 5.65. The van der Waals surface area contributed by atoms with E-state index in [1.165, 1.54) is 0 Å². The van der Waals surface area contributed by atoms with Gasteiger partial charge in [-0.3, -0.25) is 4.79 Å². The highest BCUT2D eigenvalue weighted by Gasteiger charge is 2.34. The lowest BCUT2D eigenvalue weighted by Crippen LogP contribution is -2.25. The first kappa shape index (κ1) is 11.7. The number of hydrogen-bond donors (Lipinski definition) is 2. The molecule has 2 N–H and O–H groups in total. The first-order valence-electron chi connectivity index (χ1n) is 4.06. The Labute approximate surface area is 78.9 Å². The van der Waals surface area contributed by atoms with Gasteiger partial charge in [-0.2, -0.15) is 0 Å². The standard InChI is InChI=1S/C8H15NO2.ClH/c1-5(2)6-3-9-4-7(6)8(10)11;/h5-7,9H,3-4H2,1-2H3,(H,10,11);1H/t6-,7+;/m1./s1. The van der Waals surface area contributed by atoms with E-state index in [9.17, 15) is 4.79 Å². The van der Waals surface area contributed by atoms with Crippen LogP contribution in [0.5, 0.6) is 0 Å². The molecular weight excluding hydrogens is 178 g/mol. The van der Waals surface area contributed by atoms with Crippen LogP contribution in [0.1, 0.15) is 13.8 Å². The molecule has 0 spiro atoms. The molecule has 12 heavy (non-hydrogen) atoms. The topological polar surface area (TPSA) is 49.3 Å². The predicted octanol–water partition coefficient (Wildman–Crippen LogP) is 0.984. The van der Waals surface area contributed by atoms with Crippen molar-refractivity contribution in [3.8, 4) is 0 Å². The molecule has 1 heterocycles. The minimum atomic E-state index is -0.659. The second-order valence-electron chi connectivity index (χ2n) is 3.51. The summed E-state index contributed by atoms with van der Waals surface area (Å²) in [6.07, 6.45) is 0. The summed E-state index contributed by atoms with van der Waals surface area (Å²) < 4.78 is 0. The van der Waals surface area contributed by atoms with Gasteiger partial charge in [-0.15, -0.1) is 12.4 Å². The van der Waals surface area contributed by atoms with E-state index in [0.717, 1.165) is 6.54 Å². The second-order valence-corrected chi connectivity index (χ2v) is 3.51. The first-order valence-corrected chi connectivity index (χ1v) is 4.06. The molecular formula is C8H16ClNO2. The van der Waals surface area contributed by atoms with Crippen LogP contribution >= 0.6 is 12.4 Å². The molecule has 3 nitrogen and oxygen atoms in total. The lowest BCUT2D eigenvalue weighted by Gasteiger charge is -2.17. The molecule has 1 rings (SSSR count). The Balaban J connectivity index is 0.00000121. The molecule has 4 heteroatoms. The Hall–Kier alpha value is -0.280. The molecule has 0 aromatic rings. The third-order valence-electron chi connectivity index (χ3n) is 2.43. The summed E-state index contributed by atoms with van der Waals surface area (Å²) in [6, 6.07) is 0. The SMILES string of the molecule is CC(C)[C@H]1CNC[C@@H]1C(=O)O.Cl. The number of nitrogens with one attached hydrogen (secondary N) is 1. The summed E-state index contributed by atoms with van der Waals surface area (Å²) >= 11 is 0. The molecule has 0 aliphatic carbocycles. The van der Waals surface area contributed by atoms with Crippen LogP contribution in [0, 0.1) is 17.8 Å². The molecule has 0 unspecified atom stereocenters. The summed E-state index contributed by atoms with van der Waals surface area (Å²) in [5.74, 6) is -0.0534. The van der Waals surface area contributed by atoms with E-state index in [0.29, 0.717) is 18.4 Å². The molecule has 0 saturated carbocycles. The number of carboxylic acid groups (broad SMARTS) is 1. The van der Waals surface area contributed by atoms with Crippen LogP contribution in [0.15, 0.2) is 0 Å². The fourth-order valence-electron chi connectivity index (χ4n) is 1.67. The van der Waals surface area contributed by atoms with E-state index >= 15 is 0 Å². The Morgan fingerprint density at radius 2 is 2.08 bits per heavy atom. The Morgan fingerprint density at radius 3 is 2.42 bits per heavy atom. The van der Waals surface area contributed by atoms with E-state index in [-0.39, 0.29) is 18.3 Å². The van der Waals surface area contributed by atoms with Crippen molar-refractivity contribution in [3.63, 3.8) is 0 Å². The van der Waals surface area contributed by atoms with Crippen LogP contribution in [0.4, 0.5) is 0 Å². The molecule has 0 bridgehead atoms. The maximum absolute atomic E-state index is 10.7. The molecule has 0 radical (unpaired) electrons. The van der Waals surface area contributed by atoms with Gasteiger partial charge in [0.2, 0.25) is 0 Å². The van der Waals surface area contributed by atoms with Crippen LogP contribution in [-0.2, 0) is 4.79 Å².